The molecule has 0 aromatic rings. The van der Waals surface area contributed by atoms with Crippen LogP contribution < -0.4 is 0 Å². The quantitative estimate of drug-likeness (QED) is 0.765. The van der Waals surface area contributed by atoms with Crippen molar-refractivity contribution in [3.63, 3.8) is 0 Å². The number of rotatable bonds is 2. The lowest BCUT2D eigenvalue weighted by Crippen LogP contribution is -2.56. The van der Waals surface area contributed by atoms with Crippen molar-refractivity contribution < 1.29 is 18.3 Å². The van der Waals surface area contributed by atoms with Gasteiger partial charge in [-0.1, -0.05) is 12.8 Å². The first kappa shape index (κ1) is 11.9. The number of hydrogen-bond acceptors (Lipinski definition) is 4. The van der Waals surface area contributed by atoms with Crippen LogP contribution in [-0.2, 0) is 14.8 Å². The molecule has 2 heterocycles. The van der Waals surface area contributed by atoms with Crippen LogP contribution in [0.25, 0.3) is 0 Å². The Morgan fingerprint density at radius 1 is 1.24 bits per heavy atom. The third-order valence-electron chi connectivity index (χ3n) is 4.53. The number of ether oxygens (including phenoxy) is 1. The number of aliphatic hydroxyl groups is 1. The molecular formula is C11H19NO4S. The van der Waals surface area contributed by atoms with Crippen LogP contribution in [0, 0.1) is 0 Å². The molecule has 0 aromatic heterocycles. The second-order valence-corrected chi connectivity index (χ2v) is 7.53. The van der Waals surface area contributed by atoms with Crippen LogP contribution >= 0.6 is 0 Å². The number of hydrogen-bond donors (Lipinski definition) is 1. The summed E-state index contributed by atoms with van der Waals surface area (Å²) in [7, 11) is -3.28. The highest BCUT2D eigenvalue weighted by Crippen LogP contribution is 2.45. The molecule has 6 heteroatoms. The van der Waals surface area contributed by atoms with E-state index >= 15 is 0 Å². The van der Waals surface area contributed by atoms with Gasteiger partial charge in [0.25, 0.3) is 0 Å². The molecule has 0 radical (unpaired) electrons. The lowest BCUT2D eigenvalue weighted by atomic mass is 9.93. The first-order valence-corrected chi connectivity index (χ1v) is 7.85. The molecule has 2 aliphatic heterocycles. The maximum Gasteiger partial charge on any atom is 0.222 e. The molecule has 1 spiro atoms. The van der Waals surface area contributed by atoms with Gasteiger partial charge in [-0.05, 0) is 19.3 Å². The molecule has 0 bridgehead atoms. The highest BCUT2D eigenvalue weighted by Gasteiger charge is 2.56. The third kappa shape index (κ3) is 1.58. The fourth-order valence-electron chi connectivity index (χ4n) is 3.41. The average Bonchev–Trinajstić information content (AvgIpc) is 2.74. The van der Waals surface area contributed by atoms with Gasteiger partial charge in [0.05, 0.1) is 24.9 Å². The molecule has 17 heavy (non-hydrogen) atoms. The van der Waals surface area contributed by atoms with Crippen molar-refractivity contribution >= 4 is 10.0 Å². The van der Waals surface area contributed by atoms with E-state index in [0.29, 0.717) is 26.2 Å². The molecule has 98 valence electrons. The van der Waals surface area contributed by atoms with Gasteiger partial charge in [0.2, 0.25) is 10.0 Å². The molecule has 5 nitrogen and oxygen atoms in total. The smallest absolute Gasteiger partial charge is 0.222 e. The van der Waals surface area contributed by atoms with E-state index in [1.807, 2.05) is 0 Å². The monoisotopic (exact) mass is 261 g/mol. The van der Waals surface area contributed by atoms with Crippen LogP contribution in [0.4, 0.5) is 0 Å². The van der Waals surface area contributed by atoms with Gasteiger partial charge >= 0.3 is 0 Å². The minimum absolute atomic E-state index is 0.311. The third-order valence-corrected chi connectivity index (χ3v) is 6.80. The first-order chi connectivity index (χ1) is 8.07. The fraction of sp³-hybridized carbons (Fsp3) is 1.00. The van der Waals surface area contributed by atoms with Crippen LogP contribution in [-0.4, -0.2) is 54.5 Å². The lowest BCUT2D eigenvalue weighted by Gasteiger charge is -2.40. The Hall–Kier alpha value is -0.170. The summed E-state index contributed by atoms with van der Waals surface area (Å²) in [4.78, 5) is 0. The SMILES string of the molecule is O=S(=O)(C1COC1)N1CCC(O)C12CCCC2. The van der Waals surface area contributed by atoms with Gasteiger partial charge in [-0.25, -0.2) is 8.42 Å². The molecule has 3 rings (SSSR count). The largest absolute Gasteiger partial charge is 0.391 e. The van der Waals surface area contributed by atoms with Gasteiger partial charge in [-0.15, -0.1) is 0 Å². The topological polar surface area (TPSA) is 66.8 Å². The minimum Gasteiger partial charge on any atom is -0.391 e. The maximum absolute atomic E-state index is 12.5. The molecule has 1 unspecified atom stereocenters. The molecular weight excluding hydrogens is 242 g/mol. The highest BCUT2D eigenvalue weighted by molar-refractivity contribution is 7.89. The normalized spacial score (nSPS) is 34.3. The zero-order valence-electron chi connectivity index (χ0n) is 9.84. The Morgan fingerprint density at radius 3 is 2.41 bits per heavy atom. The van der Waals surface area contributed by atoms with Crippen LogP contribution in [0.3, 0.4) is 0 Å². The molecule has 0 aromatic carbocycles. The Bertz CT molecular complexity index is 398. The van der Waals surface area contributed by atoms with Gasteiger partial charge in [0.15, 0.2) is 0 Å². The van der Waals surface area contributed by atoms with E-state index in [1.165, 1.54) is 0 Å². The molecule has 1 aliphatic carbocycles. The number of sulfonamides is 1. The summed E-state index contributed by atoms with van der Waals surface area (Å²) < 4.78 is 31.5. The maximum atomic E-state index is 12.5. The molecule has 1 atom stereocenters. The minimum atomic E-state index is -3.28. The fourth-order valence-corrected chi connectivity index (χ4v) is 5.48. The van der Waals surface area contributed by atoms with Crippen molar-refractivity contribution in [2.75, 3.05) is 19.8 Å². The second kappa shape index (κ2) is 3.91. The standard InChI is InChI=1S/C11H19NO4S/c13-10-3-6-12(11(10)4-1-2-5-11)17(14,15)9-7-16-8-9/h9-10,13H,1-8H2. The van der Waals surface area contributed by atoms with E-state index in [9.17, 15) is 13.5 Å². The van der Waals surface area contributed by atoms with Crippen molar-refractivity contribution in [2.24, 2.45) is 0 Å². The summed E-state index contributed by atoms with van der Waals surface area (Å²) in [6.07, 6.45) is 3.74. The Balaban J connectivity index is 1.91. The Labute approximate surface area is 102 Å². The number of nitrogens with zero attached hydrogens (tertiary/aromatic N) is 1. The summed E-state index contributed by atoms with van der Waals surface area (Å²) >= 11 is 0. The molecule has 0 amide bonds. The van der Waals surface area contributed by atoms with Gasteiger partial charge in [-0.3, -0.25) is 0 Å². The van der Waals surface area contributed by atoms with E-state index < -0.39 is 21.7 Å². The molecule has 2 saturated heterocycles. The second-order valence-electron chi connectivity index (χ2n) is 5.39. The number of aliphatic hydroxyl groups excluding tert-OH is 1. The van der Waals surface area contributed by atoms with Crippen molar-refractivity contribution in [1.29, 1.82) is 0 Å². The van der Waals surface area contributed by atoms with E-state index in [-0.39, 0.29) is 5.25 Å². The molecule has 3 fully saturated rings. The van der Waals surface area contributed by atoms with E-state index in [2.05, 4.69) is 0 Å². The summed E-state index contributed by atoms with van der Waals surface area (Å²) in [6.45, 7) is 1.09. The van der Waals surface area contributed by atoms with Crippen molar-refractivity contribution in [3.8, 4) is 0 Å². The predicted octanol–water partition coefficient (Wildman–Crippen LogP) is 0.0944. The van der Waals surface area contributed by atoms with Gasteiger partial charge in [0.1, 0.15) is 5.25 Å². The zero-order chi connectivity index (χ0) is 12.1. The van der Waals surface area contributed by atoms with E-state index in [4.69, 9.17) is 4.74 Å². The predicted molar refractivity (Wildman–Crippen MR) is 62.1 cm³/mol. The molecule has 1 saturated carbocycles. The lowest BCUT2D eigenvalue weighted by molar-refractivity contribution is 0.0326. The Morgan fingerprint density at radius 2 is 1.88 bits per heavy atom. The zero-order valence-corrected chi connectivity index (χ0v) is 10.7. The van der Waals surface area contributed by atoms with Crippen LogP contribution in [0.5, 0.6) is 0 Å². The molecule has 3 aliphatic rings. The highest BCUT2D eigenvalue weighted by atomic mass is 32.2. The molecule has 1 N–H and O–H groups in total. The summed E-state index contributed by atoms with van der Waals surface area (Å²) in [6, 6.07) is 0. The van der Waals surface area contributed by atoms with Gasteiger partial charge < -0.3 is 9.84 Å². The van der Waals surface area contributed by atoms with E-state index in [1.54, 1.807) is 4.31 Å². The van der Waals surface area contributed by atoms with Crippen LogP contribution in [0.15, 0.2) is 0 Å². The first-order valence-electron chi connectivity index (χ1n) is 6.35. The summed E-state index contributed by atoms with van der Waals surface area (Å²) in [5, 5.41) is 9.76. The van der Waals surface area contributed by atoms with Crippen LogP contribution in [0.2, 0.25) is 0 Å². The van der Waals surface area contributed by atoms with Gasteiger partial charge in [0, 0.05) is 6.54 Å². The van der Waals surface area contributed by atoms with Crippen molar-refractivity contribution in [1.82, 2.24) is 4.31 Å². The van der Waals surface area contributed by atoms with Crippen molar-refractivity contribution in [2.45, 2.75) is 49.0 Å². The van der Waals surface area contributed by atoms with Gasteiger partial charge in [-0.2, -0.15) is 4.31 Å². The average molecular weight is 261 g/mol. The van der Waals surface area contributed by atoms with Crippen LogP contribution in [0.1, 0.15) is 32.1 Å². The summed E-state index contributed by atoms with van der Waals surface area (Å²) in [5.41, 5.74) is -0.492. The Kier molecular flexibility index (Phi) is 2.74. The van der Waals surface area contributed by atoms with E-state index in [0.717, 1.165) is 25.7 Å². The van der Waals surface area contributed by atoms with Crippen molar-refractivity contribution in [3.05, 3.63) is 0 Å². The summed E-state index contributed by atoms with van der Waals surface area (Å²) in [5.74, 6) is 0.